The Morgan fingerprint density at radius 2 is 1.95 bits per heavy atom. The first kappa shape index (κ1) is 13.2. The lowest BCUT2D eigenvalue weighted by molar-refractivity contribution is -0.136. The molecule has 0 saturated carbocycles. The summed E-state index contributed by atoms with van der Waals surface area (Å²) in [5, 5.41) is 7.31. The molecule has 7 nitrogen and oxygen atoms in total. The molecule has 106 valence electrons. The second kappa shape index (κ2) is 4.93. The van der Waals surface area contributed by atoms with Gasteiger partial charge in [0.1, 0.15) is 11.6 Å². The van der Waals surface area contributed by atoms with E-state index in [1.54, 1.807) is 37.3 Å². The molecule has 0 radical (unpaired) electrons. The predicted molar refractivity (Wildman–Crippen MR) is 73.9 cm³/mol. The lowest BCUT2D eigenvalue weighted by Crippen LogP contribution is -2.35. The summed E-state index contributed by atoms with van der Waals surface area (Å²) < 4.78 is 4.83. The smallest absolute Gasteiger partial charge is 0.355 e. The van der Waals surface area contributed by atoms with E-state index < -0.39 is 23.7 Å². The molecule has 0 aromatic heterocycles. The van der Waals surface area contributed by atoms with Gasteiger partial charge < -0.3 is 4.74 Å². The number of ether oxygens (including phenoxy) is 1. The van der Waals surface area contributed by atoms with Crippen molar-refractivity contribution < 1.29 is 19.1 Å². The van der Waals surface area contributed by atoms with E-state index in [2.05, 4.69) is 10.2 Å². The first-order valence-electron chi connectivity index (χ1n) is 6.41. The van der Waals surface area contributed by atoms with Gasteiger partial charge in [0.05, 0.1) is 12.3 Å². The molecule has 1 saturated heterocycles. The fourth-order valence-electron chi connectivity index (χ4n) is 2.28. The van der Waals surface area contributed by atoms with Crippen LogP contribution in [0, 0.1) is 5.92 Å². The Labute approximate surface area is 119 Å². The summed E-state index contributed by atoms with van der Waals surface area (Å²) in [6.45, 7) is 1.80. The lowest BCUT2D eigenvalue weighted by Gasteiger charge is -2.14. The average molecular weight is 285 g/mol. The summed E-state index contributed by atoms with van der Waals surface area (Å²) in [5.74, 6) is -2.87. The number of imide groups is 1. The van der Waals surface area contributed by atoms with Gasteiger partial charge in [-0.15, -0.1) is 10.2 Å². The molecule has 2 aliphatic rings. The van der Waals surface area contributed by atoms with E-state index in [1.165, 1.54) is 0 Å². The monoisotopic (exact) mass is 285 g/mol. The molecule has 1 fully saturated rings. The van der Waals surface area contributed by atoms with Crippen LogP contribution in [0.2, 0.25) is 0 Å². The number of anilines is 1. The summed E-state index contributed by atoms with van der Waals surface area (Å²) in [5.41, 5.74) is 0.267. The highest BCUT2D eigenvalue weighted by Gasteiger charge is 2.52. The summed E-state index contributed by atoms with van der Waals surface area (Å²) in [6, 6.07) is 8.48. The number of hydrogen-bond donors (Lipinski definition) is 0. The van der Waals surface area contributed by atoms with Crippen molar-refractivity contribution in [3.05, 3.63) is 30.3 Å². The fourth-order valence-corrected chi connectivity index (χ4v) is 2.28. The van der Waals surface area contributed by atoms with Gasteiger partial charge in [0.15, 0.2) is 5.71 Å². The third-order valence-corrected chi connectivity index (χ3v) is 3.20. The standard InChI is InChI=1S/C14H11N3O4/c1-2-21-14(20)11-9-10(15-16-11)13(19)17(12(9)18)8-6-4-3-5-7-8/h3-7,9H,2H2,1H3. The van der Waals surface area contributed by atoms with Gasteiger partial charge in [-0.25, -0.2) is 9.69 Å². The van der Waals surface area contributed by atoms with E-state index in [0.29, 0.717) is 5.69 Å². The van der Waals surface area contributed by atoms with Gasteiger partial charge >= 0.3 is 5.97 Å². The van der Waals surface area contributed by atoms with Crippen molar-refractivity contribution in [3.8, 4) is 0 Å². The van der Waals surface area contributed by atoms with Crippen molar-refractivity contribution >= 4 is 34.9 Å². The predicted octanol–water partition coefficient (Wildman–Crippen LogP) is 0.550. The molecule has 0 aliphatic carbocycles. The summed E-state index contributed by atoms with van der Waals surface area (Å²) in [6.07, 6.45) is 0. The Morgan fingerprint density at radius 1 is 1.24 bits per heavy atom. The molecule has 0 spiro atoms. The maximum absolute atomic E-state index is 12.5. The van der Waals surface area contributed by atoms with Crippen LogP contribution in [0.4, 0.5) is 5.69 Å². The third kappa shape index (κ3) is 1.94. The highest BCUT2D eigenvalue weighted by molar-refractivity contribution is 6.66. The molecule has 7 heteroatoms. The number of hydrogen-bond acceptors (Lipinski definition) is 6. The van der Waals surface area contributed by atoms with Gasteiger partial charge in [0.25, 0.3) is 5.91 Å². The van der Waals surface area contributed by atoms with Crippen LogP contribution in [-0.2, 0) is 19.1 Å². The van der Waals surface area contributed by atoms with Crippen molar-refractivity contribution in [2.24, 2.45) is 16.1 Å². The average Bonchev–Trinajstić information content (AvgIpc) is 3.02. The Bertz CT molecular complexity index is 693. The molecular formula is C14H11N3O4. The maximum Gasteiger partial charge on any atom is 0.355 e. The Hall–Kier alpha value is -2.83. The Kier molecular flexibility index (Phi) is 3.09. The molecule has 3 rings (SSSR count). The molecule has 2 heterocycles. The molecule has 2 amide bonds. The van der Waals surface area contributed by atoms with E-state index in [-0.39, 0.29) is 18.0 Å². The van der Waals surface area contributed by atoms with Gasteiger partial charge in [0, 0.05) is 0 Å². The van der Waals surface area contributed by atoms with Gasteiger partial charge in [-0.2, -0.15) is 0 Å². The number of amides is 2. The molecule has 1 atom stereocenters. The first-order valence-corrected chi connectivity index (χ1v) is 6.41. The number of benzene rings is 1. The molecule has 1 aromatic rings. The van der Waals surface area contributed by atoms with Crippen molar-refractivity contribution in [2.45, 2.75) is 6.92 Å². The zero-order chi connectivity index (χ0) is 15.0. The molecule has 0 bridgehead atoms. The molecule has 1 aromatic carbocycles. The zero-order valence-corrected chi connectivity index (χ0v) is 11.1. The topological polar surface area (TPSA) is 88.4 Å². The summed E-state index contributed by atoms with van der Waals surface area (Å²) in [4.78, 5) is 37.5. The van der Waals surface area contributed by atoms with Crippen LogP contribution < -0.4 is 4.90 Å². The minimum absolute atomic E-state index is 0.0353. The molecular weight excluding hydrogens is 274 g/mol. The normalized spacial score (nSPS) is 20.2. The van der Waals surface area contributed by atoms with E-state index >= 15 is 0 Å². The minimum atomic E-state index is -1.06. The van der Waals surface area contributed by atoms with Crippen LogP contribution in [0.15, 0.2) is 40.5 Å². The molecule has 21 heavy (non-hydrogen) atoms. The minimum Gasteiger partial charge on any atom is -0.461 e. The van der Waals surface area contributed by atoms with Gasteiger partial charge in [0.2, 0.25) is 5.91 Å². The van der Waals surface area contributed by atoms with Crippen molar-refractivity contribution in [3.63, 3.8) is 0 Å². The van der Waals surface area contributed by atoms with Gasteiger partial charge in [-0.1, -0.05) is 18.2 Å². The quantitative estimate of drug-likeness (QED) is 0.599. The highest BCUT2D eigenvalue weighted by atomic mass is 16.5. The molecule has 1 unspecified atom stereocenters. The van der Waals surface area contributed by atoms with E-state index in [1.807, 2.05) is 0 Å². The number of esters is 1. The lowest BCUT2D eigenvalue weighted by atomic mass is 10.0. The van der Waals surface area contributed by atoms with E-state index in [4.69, 9.17) is 4.74 Å². The van der Waals surface area contributed by atoms with Crippen LogP contribution in [0.5, 0.6) is 0 Å². The van der Waals surface area contributed by atoms with Crippen LogP contribution in [0.1, 0.15) is 6.92 Å². The fraction of sp³-hybridized carbons (Fsp3) is 0.214. The molecule has 0 N–H and O–H groups in total. The summed E-state index contributed by atoms with van der Waals surface area (Å²) >= 11 is 0. The molecule has 2 aliphatic heterocycles. The van der Waals surface area contributed by atoms with E-state index in [9.17, 15) is 14.4 Å². The van der Waals surface area contributed by atoms with E-state index in [0.717, 1.165) is 4.90 Å². The first-order chi connectivity index (χ1) is 10.1. The Balaban J connectivity index is 1.94. The van der Waals surface area contributed by atoms with Crippen LogP contribution in [0.25, 0.3) is 0 Å². The third-order valence-electron chi connectivity index (χ3n) is 3.20. The van der Waals surface area contributed by atoms with Crippen LogP contribution in [-0.4, -0.2) is 35.8 Å². The summed E-state index contributed by atoms with van der Waals surface area (Å²) in [7, 11) is 0. The van der Waals surface area contributed by atoms with Crippen molar-refractivity contribution in [1.29, 1.82) is 0 Å². The second-order valence-corrected chi connectivity index (χ2v) is 4.44. The number of rotatable bonds is 3. The second-order valence-electron chi connectivity index (χ2n) is 4.44. The highest BCUT2D eigenvalue weighted by Crippen LogP contribution is 2.29. The number of para-hydroxylation sites is 1. The number of carbonyl (C=O) groups excluding carboxylic acids is 3. The van der Waals surface area contributed by atoms with Gasteiger partial charge in [-0.3, -0.25) is 9.59 Å². The van der Waals surface area contributed by atoms with Crippen LogP contribution >= 0.6 is 0 Å². The zero-order valence-electron chi connectivity index (χ0n) is 11.1. The number of nitrogens with zero attached hydrogens (tertiary/aromatic N) is 3. The number of carbonyl (C=O) groups is 3. The SMILES string of the molecule is CCOC(=O)C1=NN=C2C(=O)N(c3ccccc3)C(=O)C12. The number of fused-ring (bicyclic) bond motifs is 1. The van der Waals surface area contributed by atoms with Crippen molar-refractivity contribution in [2.75, 3.05) is 11.5 Å². The van der Waals surface area contributed by atoms with Crippen LogP contribution in [0.3, 0.4) is 0 Å². The van der Waals surface area contributed by atoms with Crippen molar-refractivity contribution in [1.82, 2.24) is 0 Å². The van der Waals surface area contributed by atoms with Gasteiger partial charge in [-0.05, 0) is 19.1 Å². The largest absolute Gasteiger partial charge is 0.461 e. The Morgan fingerprint density at radius 3 is 2.62 bits per heavy atom. The maximum atomic E-state index is 12.5.